The van der Waals surface area contributed by atoms with Crippen molar-refractivity contribution in [3.63, 3.8) is 0 Å². The molecule has 0 radical (unpaired) electrons. The third kappa shape index (κ3) is 3.22. The smallest absolute Gasteiger partial charge is 0.224 e. The predicted octanol–water partition coefficient (Wildman–Crippen LogP) is 4.68. The monoisotopic (exact) mass is 320 g/mol. The highest BCUT2D eigenvalue weighted by Crippen LogP contribution is 2.38. The Kier molecular flexibility index (Phi) is 4.30. The van der Waals surface area contributed by atoms with Crippen LogP contribution in [0.15, 0.2) is 33.7 Å². The van der Waals surface area contributed by atoms with Gasteiger partial charge in [-0.3, -0.25) is 0 Å². The highest BCUT2D eigenvalue weighted by molar-refractivity contribution is 6.30. The fraction of sp³-hybridized carbons (Fsp3) is 0.412. The summed E-state index contributed by atoms with van der Waals surface area (Å²) in [5, 5.41) is 8.66. The van der Waals surface area contributed by atoms with E-state index in [1.165, 1.54) is 0 Å². The van der Waals surface area contributed by atoms with Crippen LogP contribution in [0.3, 0.4) is 0 Å². The van der Waals surface area contributed by atoms with Crippen LogP contribution in [0.25, 0.3) is 0 Å². The molecule has 0 saturated heterocycles. The number of aryl methyl sites for hydroxylation is 2. The highest BCUT2D eigenvalue weighted by Gasteiger charge is 2.27. The van der Waals surface area contributed by atoms with Crippen molar-refractivity contribution in [2.75, 3.05) is 0 Å². The van der Waals surface area contributed by atoms with Gasteiger partial charge in [-0.15, -0.1) is 10.2 Å². The van der Waals surface area contributed by atoms with Crippen molar-refractivity contribution >= 4 is 11.6 Å². The summed E-state index contributed by atoms with van der Waals surface area (Å²) in [6.07, 6.45) is 4.68. The Balaban J connectivity index is 1.72. The van der Waals surface area contributed by atoms with Crippen LogP contribution in [-0.2, 0) is 6.42 Å². The summed E-state index contributed by atoms with van der Waals surface area (Å²) in [5.74, 6) is 1.29. The van der Waals surface area contributed by atoms with Crippen LogP contribution in [-0.4, -0.2) is 10.2 Å². The molecule has 2 unspecified atom stereocenters. The van der Waals surface area contributed by atoms with Gasteiger partial charge in [0, 0.05) is 12.0 Å². The van der Waals surface area contributed by atoms with Gasteiger partial charge in [-0.05, 0) is 49.3 Å². The van der Waals surface area contributed by atoms with E-state index in [0.717, 1.165) is 29.9 Å². The van der Waals surface area contributed by atoms with Gasteiger partial charge in [0.05, 0.1) is 5.92 Å². The van der Waals surface area contributed by atoms with Gasteiger partial charge in [0.2, 0.25) is 11.8 Å². The number of benzene rings is 1. The van der Waals surface area contributed by atoms with Crippen LogP contribution in [0, 0.1) is 25.6 Å². The van der Waals surface area contributed by atoms with Gasteiger partial charge in [0.15, 0.2) is 0 Å². The van der Waals surface area contributed by atoms with Gasteiger partial charge in [-0.2, -0.15) is 0 Å². The SMILES string of the molecule is Cc1nnc(C2CCC(Cc3ccc(C)c(F)c3)C=C2Cl)o1. The zero-order valence-corrected chi connectivity index (χ0v) is 13.4. The van der Waals surface area contributed by atoms with Crippen molar-refractivity contribution < 1.29 is 8.81 Å². The summed E-state index contributed by atoms with van der Waals surface area (Å²) in [7, 11) is 0. The lowest BCUT2D eigenvalue weighted by molar-refractivity contribution is 0.409. The molecule has 1 aromatic heterocycles. The van der Waals surface area contributed by atoms with Crippen LogP contribution in [0.5, 0.6) is 0 Å². The van der Waals surface area contributed by atoms with Gasteiger partial charge in [0.1, 0.15) is 5.82 Å². The topological polar surface area (TPSA) is 38.9 Å². The zero-order chi connectivity index (χ0) is 15.7. The van der Waals surface area contributed by atoms with E-state index in [2.05, 4.69) is 10.2 Å². The third-order valence-electron chi connectivity index (χ3n) is 4.13. The second-order valence-electron chi connectivity index (χ2n) is 5.89. The van der Waals surface area contributed by atoms with E-state index in [4.69, 9.17) is 16.0 Å². The molecular formula is C17H18ClFN2O. The van der Waals surface area contributed by atoms with E-state index < -0.39 is 0 Å². The van der Waals surface area contributed by atoms with Crippen LogP contribution in [0.2, 0.25) is 0 Å². The molecule has 1 aliphatic rings. The molecule has 0 N–H and O–H groups in total. The molecule has 0 saturated carbocycles. The maximum absolute atomic E-state index is 13.6. The molecule has 5 heteroatoms. The molecule has 0 bridgehead atoms. The fourth-order valence-corrected chi connectivity index (χ4v) is 3.25. The Morgan fingerprint density at radius 2 is 2.09 bits per heavy atom. The van der Waals surface area contributed by atoms with Crippen molar-refractivity contribution in [3.05, 3.63) is 58.0 Å². The maximum atomic E-state index is 13.6. The number of rotatable bonds is 3. The van der Waals surface area contributed by atoms with Gasteiger partial charge < -0.3 is 4.42 Å². The van der Waals surface area contributed by atoms with Crippen molar-refractivity contribution in [2.24, 2.45) is 5.92 Å². The molecule has 22 heavy (non-hydrogen) atoms. The molecule has 0 spiro atoms. The Morgan fingerprint density at radius 3 is 2.73 bits per heavy atom. The quantitative estimate of drug-likeness (QED) is 0.824. The molecule has 1 aliphatic carbocycles. The number of hydrogen-bond donors (Lipinski definition) is 0. The van der Waals surface area contributed by atoms with Crippen LogP contribution in [0.1, 0.15) is 41.7 Å². The van der Waals surface area contributed by atoms with Crippen molar-refractivity contribution in [1.29, 1.82) is 0 Å². The first-order valence-electron chi connectivity index (χ1n) is 7.45. The van der Waals surface area contributed by atoms with Crippen molar-refractivity contribution in [1.82, 2.24) is 10.2 Å². The average molecular weight is 321 g/mol. The molecule has 1 heterocycles. The summed E-state index contributed by atoms with van der Waals surface area (Å²) in [4.78, 5) is 0. The minimum Gasteiger partial charge on any atom is -0.425 e. The molecule has 116 valence electrons. The van der Waals surface area contributed by atoms with Gasteiger partial charge in [0.25, 0.3) is 0 Å². The number of nitrogens with zero attached hydrogens (tertiary/aromatic N) is 2. The number of hydrogen-bond acceptors (Lipinski definition) is 3. The summed E-state index contributed by atoms with van der Waals surface area (Å²) in [5.41, 5.74) is 1.67. The molecule has 0 aliphatic heterocycles. The van der Waals surface area contributed by atoms with Gasteiger partial charge in [-0.1, -0.05) is 29.8 Å². The van der Waals surface area contributed by atoms with E-state index >= 15 is 0 Å². The number of allylic oxidation sites excluding steroid dienone is 2. The first-order valence-corrected chi connectivity index (χ1v) is 7.83. The predicted molar refractivity (Wildman–Crippen MR) is 83.3 cm³/mol. The molecule has 1 aromatic carbocycles. The minimum absolute atomic E-state index is 0.00568. The zero-order valence-electron chi connectivity index (χ0n) is 12.6. The largest absolute Gasteiger partial charge is 0.425 e. The second-order valence-corrected chi connectivity index (χ2v) is 6.32. The summed E-state index contributed by atoms with van der Waals surface area (Å²) in [6, 6.07) is 5.42. The summed E-state index contributed by atoms with van der Waals surface area (Å²) >= 11 is 6.40. The second kappa shape index (κ2) is 6.21. The third-order valence-corrected chi connectivity index (χ3v) is 4.52. The van der Waals surface area contributed by atoms with Crippen LogP contribution >= 0.6 is 11.6 Å². The average Bonchev–Trinajstić information content (AvgIpc) is 2.89. The molecule has 0 fully saturated rings. The van der Waals surface area contributed by atoms with Gasteiger partial charge >= 0.3 is 0 Å². The molecule has 2 atom stereocenters. The molecule has 2 aromatic rings. The maximum Gasteiger partial charge on any atom is 0.224 e. The first kappa shape index (κ1) is 15.2. The summed E-state index contributed by atoms with van der Waals surface area (Å²) in [6.45, 7) is 3.54. The molecule has 0 amide bonds. The number of halogens is 2. The standard InChI is InChI=1S/C17H18ClFN2O/c1-10-3-4-13(9-16(10)19)7-12-5-6-14(15(18)8-12)17-21-20-11(2)22-17/h3-4,8-9,12,14H,5-7H2,1-2H3. The Labute approximate surface area is 134 Å². The summed E-state index contributed by atoms with van der Waals surface area (Å²) < 4.78 is 19.1. The minimum atomic E-state index is -0.150. The molecule has 3 rings (SSSR count). The first-order chi connectivity index (χ1) is 10.5. The van der Waals surface area contributed by atoms with Crippen molar-refractivity contribution in [2.45, 2.75) is 39.0 Å². The number of aromatic nitrogens is 2. The lowest BCUT2D eigenvalue weighted by atomic mass is 9.84. The normalized spacial score (nSPS) is 21.7. The van der Waals surface area contributed by atoms with E-state index in [1.807, 2.05) is 18.2 Å². The van der Waals surface area contributed by atoms with E-state index in [1.54, 1.807) is 19.9 Å². The Morgan fingerprint density at radius 1 is 1.27 bits per heavy atom. The van der Waals surface area contributed by atoms with E-state index in [-0.39, 0.29) is 11.7 Å². The molecular weight excluding hydrogens is 303 g/mol. The fourth-order valence-electron chi connectivity index (χ4n) is 2.86. The van der Waals surface area contributed by atoms with Crippen LogP contribution in [0.4, 0.5) is 4.39 Å². The van der Waals surface area contributed by atoms with Crippen LogP contribution < -0.4 is 0 Å². The lowest BCUT2D eigenvalue weighted by Gasteiger charge is -2.23. The Bertz CT molecular complexity index is 710. The Hall–Kier alpha value is -1.68. The van der Waals surface area contributed by atoms with Crippen molar-refractivity contribution in [3.8, 4) is 0 Å². The molecule has 3 nitrogen and oxygen atoms in total. The van der Waals surface area contributed by atoms with E-state index in [0.29, 0.717) is 23.3 Å². The van der Waals surface area contributed by atoms with Gasteiger partial charge in [-0.25, -0.2) is 4.39 Å². The highest BCUT2D eigenvalue weighted by atomic mass is 35.5. The lowest BCUT2D eigenvalue weighted by Crippen LogP contribution is -2.13. The van der Waals surface area contributed by atoms with E-state index in [9.17, 15) is 4.39 Å².